The number of anilines is 1. The van der Waals surface area contributed by atoms with Gasteiger partial charge in [-0.1, -0.05) is 30.3 Å². The van der Waals surface area contributed by atoms with Crippen LogP contribution in [0.1, 0.15) is 12.8 Å². The molecular formula is C18H19N3O2. The van der Waals surface area contributed by atoms with Gasteiger partial charge in [-0.25, -0.2) is 0 Å². The highest BCUT2D eigenvalue weighted by Gasteiger charge is 2.15. The van der Waals surface area contributed by atoms with Gasteiger partial charge < -0.3 is 14.1 Å². The Morgan fingerprint density at radius 2 is 1.74 bits per heavy atom. The van der Waals surface area contributed by atoms with Crippen LogP contribution in [-0.4, -0.2) is 23.9 Å². The average molecular weight is 309 g/mol. The minimum atomic E-state index is 0.474. The van der Waals surface area contributed by atoms with Gasteiger partial charge in [-0.15, -0.1) is 10.2 Å². The van der Waals surface area contributed by atoms with Crippen molar-refractivity contribution in [3.8, 4) is 17.2 Å². The Hall–Kier alpha value is -2.82. The highest BCUT2D eigenvalue weighted by atomic mass is 16.5. The van der Waals surface area contributed by atoms with Crippen molar-refractivity contribution in [1.29, 1.82) is 0 Å². The van der Waals surface area contributed by atoms with E-state index in [1.54, 1.807) is 7.11 Å². The summed E-state index contributed by atoms with van der Waals surface area (Å²) in [6.45, 7) is 3.53. The monoisotopic (exact) mass is 309 g/mol. The van der Waals surface area contributed by atoms with Crippen molar-refractivity contribution in [2.45, 2.75) is 13.5 Å². The number of hydrogen-bond donors (Lipinski definition) is 0. The molecule has 0 bridgehead atoms. The van der Waals surface area contributed by atoms with E-state index in [0.717, 1.165) is 23.5 Å². The lowest BCUT2D eigenvalue weighted by atomic mass is 10.2. The quantitative estimate of drug-likeness (QED) is 0.693. The van der Waals surface area contributed by atoms with Crippen LogP contribution in [0.25, 0.3) is 11.5 Å². The van der Waals surface area contributed by atoms with Crippen LogP contribution >= 0.6 is 0 Å². The maximum atomic E-state index is 5.82. The van der Waals surface area contributed by atoms with E-state index in [-0.39, 0.29) is 0 Å². The summed E-state index contributed by atoms with van der Waals surface area (Å²) >= 11 is 0. The molecule has 23 heavy (non-hydrogen) atoms. The van der Waals surface area contributed by atoms with Gasteiger partial charge >= 0.3 is 0 Å². The maximum absolute atomic E-state index is 5.82. The first-order valence-corrected chi connectivity index (χ1v) is 7.57. The molecule has 0 atom stereocenters. The number of para-hydroxylation sites is 2. The molecule has 0 saturated carbocycles. The first-order chi connectivity index (χ1) is 11.3. The van der Waals surface area contributed by atoms with Crippen molar-refractivity contribution in [3.05, 3.63) is 60.5 Å². The van der Waals surface area contributed by atoms with Crippen LogP contribution in [0, 0.1) is 0 Å². The standard InChI is InChI=1S/C18H19N3O2/c1-3-21(14-9-5-4-6-10-14)13-17-19-20-18(23-17)15-11-7-8-12-16(15)22-2/h4-12H,3,13H2,1-2H3. The normalized spacial score (nSPS) is 10.5. The van der Waals surface area contributed by atoms with Gasteiger partial charge in [-0.05, 0) is 31.2 Å². The van der Waals surface area contributed by atoms with E-state index in [4.69, 9.17) is 9.15 Å². The second kappa shape index (κ2) is 6.96. The minimum Gasteiger partial charge on any atom is -0.496 e. The fourth-order valence-corrected chi connectivity index (χ4v) is 2.44. The van der Waals surface area contributed by atoms with Crippen LogP contribution in [0.4, 0.5) is 5.69 Å². The zero-order chi connectivity index (χ0) is 16.1. The van der Waals surface area contributed by atoms with Gasteiger partial charge in [-0.2, -0.15) is 0 Å². The Kier molecular flexibility index (Phi) is 4.57. The zero-order valence-electron chi connectivity index (χ0n) is 13.3. The molecule has 0 aliphatic rings. The van der Waals surface area contributed by atoms with Gasteiger partial charge in [0.25, 0.3) is 5.89 Å². The molecule has 0 unspecified atom stereocenters. The van der Waals surface area contributed by atoms with Crippen molar-refractivity contribution in [1.82, 2.24) is 10.2 Å². The maximum Gasteiger partial charge on any atom is 0.251 e. The summed E-state index contributed by atoms with van der Waals surface area (Å²) < 4.78 is 11.2. The fourth-order valence-electron chi connectivity index (χ4n) is 2.44. The van der Waals surface area contributed by atoms with E-state index < -0.39 is 0 Å². The molecule has 0 fully saturated rings. The number of aromatic nitrogens is 2. The van der Waals surface area contributed by atoms with E-state index in [1.165, 1.54) is 0 Å². The number of hydrogen-bond acceptors (Lipinski definition) is 5. The summed E-state index contributed by atoms with van der Waals surface area (Å²) in [7, 11) is 1.63. The number of rotatable bonds is 6. The van der Waals surface area contributed by atoms with Crippen LogP contribution in [0.3, 0.4) is 0 Å². The molecule has 2 aromatic carbocycles. The van der Waals surface area contributed by atoms with Crippen molar-refractivity contribution in [2.24, 2.45) is 0 Å². The molecule has 3 rings (SSSR count). The van der Waals surface area contributed by atoms with E-state index in [0.29, 0.717) is 18.3 Å². The fraction of sp³-hybridized carbons (Fsp3) is 0.222. The Labute approximate surface area is 135 Å². The molecule has 1 aromatic heterocycles. The second-order valence-corrected chi connectivity index (χ2v) is 5.05. The van der Waals surface area contributed by atoms with Gasteiger partial charge in [0.05, 0.1) is 19.2 Å². The van der Waals surface area contributed by atoms with Gasteiger partial charge in [-0.3, -0.25) is 0 Å². The van der Waals surface area contributed by atoms with Gasteiger partial charge in [0.2, 0.25) is 5.89 Å². The molecule has 0 spiro atoms. The number of nitrogens with zero attached hydrogens (tertiary/aromatic N) is 3. The minimum absolute atomic E-state index is 0.474. The lowest BCUT2D eigenvalue weighted by molar-refractivity contribution is 0.413. The third-order valence-corrected chi connectivity index (χ3v) is 3.63. The second-order valence-electron chi connectivity index (χ2n) is 5.05. The number of ether oxygens (including phenoxy) is 1. The van der Waals surface area contributed by atoms with Crippen LogP contribution in [0.15, 0.2) is 59.0 Å². The molecule has 0 saturated heterocycles. The highest BCUT2D eigenvalue weighted by Crippen LogP contribution is 2.28. The summed E-state index contributed by atoms with van der Waals surface area (Å²) in [5, 5.41) is 8.32. The largest absolute Gasteiger partial charge is 0.496 e. The summed E-state index contributed by atoms with van der Waals surface area (Å²) in [6, 6.07) is 17.8. The molecule has 5 nitrogen and oxygen atoms in total. The van der Waals surface area contributed by atoms with Crippen LogP contribution in [-0.2, 0) is 6.54 Å². The Morgan fingerprint density at radius 3 is 2.48 bits per heavy atom. The lowest BCUT2D eigenvalue weighted by Gasteiger charge is -2.20. The average Bonchev–Trinajstić information content (AvgIpc) is 3.09. The molecule has 0 amide bonds. The molecule has 1 heterocycles. The first kappa shape index (κ1) is 15.1. The summed E-state index contributed by atoms with van der Waals surface area (Å²) in [5.41, 5.74) is 1.93. The van der Waals surface area contributed by atoms with Gasteiger partial charge in [0, 0.05) is 12.2 Å². The predicted octanol–water partition coefficient (Wildman–Crippen LogP) is 3.77. The highest BCUT2D eigenvalue weighted by molar-refractivity contribution is 5.62. The number of methoxy groups -OCH3 is 1. The van der Waals surface area contributed by atoms with E-state index in [9.17, 15) is 0 Å². The number of benzene rings is 2. The molecule has 0 radical (unpaired) electrons. The molecule has 0 aliphatic carbocycles. The van der Waals surface area contributed by atoms with Crippen molar-refractivity contribution >= 4 is 5.69 Å². The lowest BCUT2D eigenvalue weighted by Crippen LogP contribution is -2.22. The van der Waals surface area contributed by atoms with Gasteiger partial charge in [0.15, 0.2) is 0 Å². The third-order valence-electron chi connectivity index (χ3n) is 3.63. The smallest absolute Gasteiger partial charge is 0.251 e. The van der Waals surface area contributed by atoms with Crippen molar-refractivity contribution in [2.75, 3.05) is 18.6 Å². The summed E-state index contributed by atoms with van der Waals surface area (Å²) in [4.78, 5) is 2.18. The molecule has 5 heteroatoms. The predicted molar refractivity (Wildman–Crippen MR) is 89.5 cm³/mol. The summed E-state index contributed by atoms with van der Waals surface area (Å²) in [6.07, 6.45) is 0. The van der Waals surface area contributed by atoms with E-state index in [1.807, 2.05) is 42.5 Å². The first-order valence-electron chi connectivity index (χ1n) is 7.57. The van der Waals surface area contributed by atoms with Crippen LogP contribution in [0.5, 0.6) is 5.75 Å². The SMILES string of the molecule is CCN(Cc1nnc(-c2ccccc2OC)o1)c1ccccc1. The Balaban J connectivity index is 1.82. The molecule has 118 valence electrons. The molecule has 3 aromatic rings. The third kappa shape index (κ3) is 3.34. The van der Waals surface area contributed by atoms with Gasteiger partial charge in [0.1, 0.15) is 5.75 Å². The molecular weight excluding hydrogens is 290 g/mol. The molecule has 0 N–H and O–H groups in total. The summed E-state index contributed by atoms with van der Waals surface area (Å²) in [5.74, 6) is 1.77. The van der Waals surface area contributed by atoms with E-state index >= 15 is 0 Å². The van der Waals surface area contributed by atoms with Crippen molar-refractivity contribution in [3.63, 3.8) is 0 Å². The van der Waals surface area contributed by atoms with E-state index in [2.05, 4.69) is 34.2 Å². The Bertz CT molecular complexity index is 756. The zero-order valence-corrected chi connectivity index (χ0v) is 13.3. The molecule has 0 aliphatic heterocycles. The topological polar surface area (TPSA) is 51.4 Å². The Morgan fingerprint density at radius 1 is 1.00 bits per heavy atom. The van der Waals surface area contributed by atoms with Crippen molar-refractivity contribution < 1.29 is 9.15 Å². The van der Waals surface area contributed by atoms with Crippen LogP contribution < -0.4 is 9.64 Å². The van der Waals surface area contributed by atoms with Crippen LogP contribution in [0.2, 0.25) is 0 Å².